The van der Waals surface area contributed by atoms with Crippen molar-refractivity contribution in [1.29, 1.82) is 0 Å². The molecule has 0 radical (unpaired) electrons. The highest BCUT2D eigenvalue weighted by atomic mass is 32.1. The highest BCUT2D eigenvalue weighted by Crippen LogP contribution is 2.41. The van der Waals surface area contributed by atoms with Gasteiger partial charge in [-0.3, -0.25) is 4.98 Å². The molecule has 7 heteroatoms. The molecule has 3 heterocycles. The Labute approximate surface area is 187 Å². The lowest BCUT2D eigenvalue weighted by Crippen LogP contribution is -2.30. The molecule has 2 N–H and O–H groups in total. The molecule has 0 bridgehead atoms. The van der Waals surface area contributed by atoms with Gasteiger partial charge >= 0.3 is 5.97 Å². The van der Waals surface area contributed by atoms with E-state index in [4.69, 9.17) is 12.2 Å². The number of aromatic nitrogens is 2. The molecule has 0 spiro atoms. The first-order valence-electron chi connectivity index (χ1n) is 10.4. The molecule has 31 heavy (non-hydrogen) atoms. The van der Waals surface area contributed by atoms with Crippen molar-refractivity contribution in [3.8, 4) is 5.69 Å². The fraction of sp³-hybridized carbons (Fsp3) is 0.292. The lowest BCUT2D eigenvalue weighted by atomic mass is 9.96. The third-order valence-electron chi connectivity index (χ3n) is 5.80. The second kappa shape index (κ2) is 8.51. The fourth-order valence-electron chi connectivity index (χ4n) is 4.49. The first-order chi connectivity index (χ1) is 14.9. The maximum Gasteiger partial charge on any atom is 0.335 e. The van der Waals surface area contributed by atoms with Crippen molar-refractivity contribution in [2.45, 2.75) is 39.3 Å². The molecule has 160 valence electrons. The summed E-state index contributed by atoms with van der Waals surface area (Å²) in [4.78, 5) is 18.3. The molecular formula is C24H26N4O2S. The number of carboxylic acids is 1. The van der Waals surface area contributed by atoms with Crippen molar-refractivity contribution in [2.75, 3.05) is 6.54 Å². The number of pyridine rings is 1. The third kappa shape index (κ3) is 3.81. The number of nitrogens with zero attached hydrogens (tertiary/aromatic N) is 3. The SMILES string of the molecule is CCCN1C(=S)N[C@@H](c2ccccn2)[C@@H]1c1cc(C)n(-c2cccc(C(=O)O)c2)c1C. The van der Waals surface area contributed by atoms with E-state index in [-0.39, 0.29) is 17.6 Å². The minimum Gasteiger partial charge on any atom is -0.478 e. The van der Waals surface area contributed by atoms with E-state index in [1.165, 1.54) is 0 Å². The third-order valence-corrected chi connectivity index (χ3v) is 6.15. The average Bonchev–Trinajstić information content (AvgIpc) is 3.24. The average molecular weight is 435 g/mol. The summed E-state index contributed by atoms with van der Waals surface area (Å²) in [6, 6.07) is 15.1. The van der Waals surface area contributed by atoms with Crippen LogP contribution in [0.2, 0.25) is 0 Å². The Hall–Kier alpha value is -3.19. The topological polar surface area (TPSA) is 70.4 Å². The number of carboxylic acid groups (broad SMARTS) is 1. The van der Waals surface area contributed by atoms with Crippen molar-refractivity contribution in [3.05, 3.63) is 82.9 Å². The van der Waals surface area contributed by atoms with E-state index < -0.39 is 5.97 Å². The van der Waals surface area contributed by atoms with Crippen LogP contribution >= 0.6 is 12.2 Å². The van der Waals surface area contributed by atoms with Gasteiger partial charge in [0.15, 0.2) is 5.11 Å². The van der Waals surface area contributed by atoms with E-state index in [0.29, 0.717) is 0 Å². The fourth-order valence-corrected chi connectivity index (χ4v) is 4.82. The molecular weight excluding hydrogens is 408 g/mol. The molecule has 4 rings (SSSR count). The van der Waals surface area contributed by atoms with E-state index in [0.717, 1.165) is 46.4 Å². The number of hydrogen-bond acceptors (Lipinski definition) is 3. The molecule has 1 saturated heterocycles. The van der Waals surface area contributed by atoms with Gasteiger partial charge in [0.2, 0.25) is 0 Å². The van der Waals surface area contributed by atoms with Gasteiger partial charge < -0.3 is 19.9 Å². The number of thiocarbonyl (C=S) groups is 1. The second-order valence-corrected chi connectivity index (χ2v) is 8.22. The Morgan fingerprint density at radius 2 is 2.00 bits per heavy atom. The van der Waals surface area contributed by atoms with Crippen molar-refractivity contribution in [1.82, 2.24) is 19.8 Å². The monoisotopic (exact) mass is 434 g/mol. The van der Waals surface area contributed by atoms with Gasteiger partial charge in [0.05, 0.1) is 23.3 Å². The quantitative estimate of drug-likeness (QED) is 0.554. The first-order valence-corrected chi connectivity index (χ1v) is 10.8. The number of rotatable bonds is 6. The van der Waals surface area contributed by atoms with E-state index in [2.05, 4.69) is 39.7 Å². The van der Waals surface area contributed by atoms with Crippen molar-refractivity contribution in [3.63, 3.8) is 0 Å². The van der Waals surface area contributed by atoms with E-state index in [1.54, 1.807) is 24.4 Å². The van der Waals surface area contributed by atoms with Crippen molar-refractivity contribution >= 4 is 23.3 Å². The highest BCUT2D eigenvalue weighted by molar-refractivity contribution is 7.80. The van der Waals surface area contributed by atoms with Crippen molar-refractivity contribution in [2.24, 2.45) is 0 Å². The second-order valence-electron chi connectivity index (χ2n) is 7.84. The van der Waals surface area contributed by atoms with Crippen LogP contribution in [0.5, 0.6) is 0 Å². The zero-order chi connectivity index (χ0) is 22.1. The normalized spacial score (nSPS) is 18.3. The first kappa shape index (κ1) is 21.1. The molecule has 0 saturated carbocycles. The Morgan fingerprint density at radius 1 is 1.19 bits per heavy atom. The van der Waals surface area contributed by atoms with Crippen LogP contribution < -0.4 is 5.32 Å². The van der Waals surface area contributed by atoms with Gasteiger partial charge in [-0.2, -0.15) is 0 Å². The maximum atomic E-state index is 11.5. The summed E-state index contributed by atoms with van der Waals surface area (Å²) >= 11 is 5.70. The van der Waals surface area contributed by atoms with Gasteiger partial charge in [-0.15, -0.1) is 0 Å². The van der Waals surface area contributed by atoms with E-state index in [1.807, 2.05) is 31.2 Å². The predicted molar refractivity (Wildman–Crippen MR) is 125 cm³/mol. The smallest absolute Gasteiger partial charge is 0.335 e. The number of benzene rings is 1. The van der Waals surface area contributed by atoms with E-state index in [9.17, 15) is 9.90 Å². The largest absolute Gasteiger partial charge is 0.478 e. The molecule has 2 atom stereocenters. The zero-order valence-corrected chi connectivity index (χ0v) is 18.7. The molecule has 1 aromatic carbocycles. The van der Waals surface area contributed by atoms with Gasteiger partial charge in [0.1, 0.15) is 0 Å². The van der Waals surface area contributed by atoms with Crippen LogP contribution in [0.15, 0.2) is 54.7 Å². The molecule has 0 amide bonds. The summed E-state index contributed by atoms with van der Waals surface area (Å²) in [6.45, 7) is 7.12. The summed E-state index contributed by atoms with van der Waals surface area (Å²) in [7, 11) is 0. The number of aryl methyl sites for hydroxylation is 1. The van der Waals surface area contributed by atoms with Crippen LogP contribution in [-0.4, -0.2) is 37.2 Å². The number of nitrogens with one attached hydrogen (secondary N) is 1. The lowest BCUT2D eigenvalue weighted by molar-refractivity contribution is 0.0697. The molecule has 1 aliphatic heterocycles. The number of hydrogen-bond donors (Lipinski definition) is 2. The predicted octanol–water partition coefficient (Wildman–Crippen LogP) is 4.57. The van der Waals surface area contributed by atoms with Gasteiger partial charge in [0.25, 0.3) is 0 Å². The molecule has 0 unspecified atom stereocenters. The molecule has 1 fully saturated rings. The standard InChI is InChI=1S/C24H26N4O2S/c1-4-12-27-22(21(26-24(27)31)20-10-5-6-11-25-20)19-13-15(2)28(16(19)3)18-9-7-8-17(14-18)23(29)30/h5-11,13-14,21-22H,4,12H2,1-3H3,(H,26,31)(H,29,30)/t21-,22-/m0/s1. The molecule has 3 aromatic rings. The summed E-state index contributed by atoms with van der Waals surface area (Å²) in [6.07, 6.45) is 2.78. The Bertz CT molecular complexity index is 1130. The highest BCUT2D eigenvalue weighted by Gasteiger charge is 2.40. The van der Waals surface area contributed by atoms with Crippen LogP contribution in [0.4, 0.5) is 0 Å². The lowest BCUT2D eigenvalue weighted by Gasteiger charge is -2.27. The Morgan fingerprint density at radius 3 is 2.68 bits per heavy atom. The Kier molecular flexibility index (Phi) is 5.78. The summed E-state index contributed by atoms with van der Waals surface area (Å²) in [5.74, 6) is -0.931. The number of carbonyl (C=O) groups is 1. The van der Waals surface area contributed by atoms with Gasteiger partial charge in [-0.05, 0) is 74.4 Å². The minimum absolute atomic E-state index is 0.00459. The van der Waals surface area contributed by atoms with Gasteiger partial charge in [-0.25, -0.2) is 4.79 Å². The zero-order valence-electron chi connectivity index (χ0n) is 17.9. The van der Waals surface area contributed by atoms with Crippen molar-refractivity contribution < 1.29 is 9.90 Å². The van der Waals surface area contributed by atoms with Crippen LogP contribution in [0, 0.1) is 13.8 Å². The summed E-state index contributed by atoms with van der Waals surface area (Å²) < 4.78 is 2.11. The summed E-state index contributed by atoms with van der Waals surface area (Å²) in [5, 5.41) is 13.6. The Balaban J connectivity index is 1.83. The van der Waals surface area contributed by atoms with Crippen LogP contribution in [0.1, 0.15) is 58.4 Å². The molecule has 6 nitrogen and oxygen atoms in total. The molecule has 0 aliphatic carbocycles. The maximum absolute atomic E-state index is 11.5. The van der Waals surface area contributed by atoms with Crippen LogP contribution in [-0.2, 0) is 0 Å². The summed E-state index contributed by atoms with van der Waals surface area (Å²) in [5.41, 5.74) is 5.34. The van der Waals surface area contributed by atoms with Crippen LogP contribution in [0.3, 0.4) is 0 Å². The molecule has 1 aliphatic rings. The molecule has 2 aromatic heterocycles. The number of aromatic carboxylic acids is 1. The van der Waals surface area contributed by atoms with Crippen LogP contribution in [0.25, 0.3) is 5.69 Å². The van der Waals surface area contributed by atoms with Gasteiger partial charge in [-0.1, -0.05) is 19.1 Å². The van der Waals surface area contributed by atoms with E-state index >= 15 is 0 Å². The van der Waals surface area contributed by atoms with Gasteiger partial charge in [0, 0.05) is 29.8 Å². The minimum atomic E-state index is -0.931.